The summed E-state index contributed by atoms with van der Waals surface area (Å²) in [4.78, 5) is 12.7. The Morgan fingerprint density at radius 2 is 1.75 bits per heavy atom. The lowest BCUT2D eigenvalue weighted by molar-refractivity contribution is -0.116. The second-order valence-corrected chi connectivity index (χ2v) is 10.9. The van der Waals surface area contributed by atoms with E-state index in [1.54, 1.807) is 24.3 Å². The van der Waals surface area contributed by atoms with Gasteiger partial charge in [0.25, 0.3) is 0 Å². The number of aromatic nitrogens is 2. The molecule has 3 rings (SSSR count). The van der Waals surface area contributed by atoms with E-state index >= 15 is 0 Å². The Balaban J connectivity index is 1.88. The van der Waals surface area contributed by atoms with Gasteiger partial charge in [0, 0.05) is 5.69 Å². The lowest BCUT2D eigenvalue weighted by Gasteiger charge is -2.09. The zero-order valence-electron chi connectivity index (χ0n) is 18.6. The van der Waals surface area contributed by atoms with Crippen LogP contribution >= 0.6 is 11.8 Å². The van der Waals surface area contributed by atoms with Crippen LogP contribution < -0.4 is 11.1 Å². The maximum absolute atomic E-state index is 13.3. The van der Waals surface area contributed by atoms with Crippen molar-refractivity contribution in [3.63, 3.8) is 0 Å². The molecule has 0 spiro atoms. The minimum Gasteiger partial charge on any atom is -0.383 e. The number of amides is 1. The number of rotatable bonds is 8. The third kappa shape index (κ3) is 5.16. The molecular weight excluding hydrogens is 444 g/mol. The summed E-state index contributed by atoms with van der Waals surface area (Å²) in [6, 6.07) is 14.2. The normalized spacial score (nSPS) is 11.7. The van der Waals surface area contributed by atoms with Crippen molar-refractivity contribution in [2.24, 2.45) is 0 Å². The molecule has 2 aromatic carbocycles. The highest BCUT2D eigenvalue weighted by atomic mass is 32.2. The van der Waals surface area contributed by atoms with Crippen LogP contribution in [-0.2, 0) is 21.2 Å². The second-order valence-electron chi connectivity index (χ2n) is 7.75. The number of anilines is 2. The first kappa shape index (κ1) is 23.9. The summed E-state index contributed by atoms with van der Waals surface area (Å²) in [7, 11) is -3.89. The van der Waals surface area contributed by atoms with Gasteiger partial charge in [-0.15, -0.1) is 11.8 Å². The molecule has 0 bridgehead atoms. The summed E-state index contributed by atoms with van der Waals surface area (Å²) in [5.74, 6) is 0.615. The summed E-state index contributed by atoms with van der Waals surface area (Å²) < 4.78 is 27.8. The molecule has 1 aromatic heterocycles. The molecule has 170 valence electrons. The van der Waals surface area contributed by atoms with Gasteiger partial charge >= 0.3 is 0 Å². The number of hydrogen-bond acceptors (Lipinski definition) is 6. The molecule has 0 saturated carbocycles. The predicted molar refractivity (Wildman–Crippen MR) is 129 cm³/mol. The average molecular weight is 473 g/mol. The van der Waals surface area contributed by atoms with Crippen molar-refractivity contribution in [3.8, 4) is 0 Å². The van der Waals surface area contributed by atoms with Crippen LogP contribution in [0.3, 0.4) is 0 Å². The van der Waals surface area contributed by atoms with E-state index in [2.05, 4.69) is 24.3 Å². The fourth-order valence-electron chi connectivity index (χ4n) is 3.16. The molecule has 9 heteroatoms. The summed E-state index contributed by atoms with van der Waals surface area (Å²) in [5, 5.41) is 7.44. The fraction of sp³-hybridized carbons (Fsp3) is 0.304. The van der Waals surface area contributed by atoms with Crippen LogP contribution in [0, 0.1) is 6.92 Å². The Labute approximate surface area is 193 Å². The number of thioether (sulfide) groups is 1. The molecule has 0 atom stereocenters. The van der Waals surface area contributed by atoms with Crippen molar-refractivity contribution in [1.29, 1.82) is 0 Å². The Kier molecular flexibility index (Phi) is 7.30. The SMILES string of the molecule is CCSc1nn(CC(=O)Nc2ccc(C(C)C)cc2)c(N)c1S(=O)(=O)c1ccc(C)cc1. The number of hydrogen-bond donors (Lipinski definition) is 2. The maximum Gasteiger partial charge on any atom is 0.246 e. The lowest BCUT2D eigenvalue weighted by Crippen LogP contribution is -2.21. The van der Waals surface area contributed by atoms with Crippen molar-refractivity contribution in [3.05, 3.63) is 59.7 Å². The van der Waals surface area contributed by atoms with Crippen molar-refractivity contribution in [2.45, 2.75) is 55.0 Å². The van der Waals surface area contributed by atoms with Crippen molar-refractivity contribution in [2.75, 3.05) is 16.8 Å². The topological polar surface area (TPSA) is 107 Å². The van der Waals surface area contributed by atoms with Crippen LogP contribution in [0.4, 0.5) is 11.5 Å². The number of aryl methyl sites for hydroxylation is 1. The van der Waals surface area contributed by atoms with Gasteiger partial charge in [-0.3, -0.25) is 4.79 Å². The Hall–Kier alpha value is -2.78. The second kappa shape index (κ2) is 9.79. The largest absolute Gasteiger partial charge is 0.383 e. The molecular formula is C23H28N4O3S2. The predicted octanol–water partition coefficient (Wildman–Crippen LogP) is 4.48. The number of nitrogen functional groups attached to an aromatic ring is 1. The lowest BCUT2D eigenvalue weighted by atomic mass is 10.0. The maximum atomic E-state index is 13.3. The number of benzene rings is 2. The first-order valence-corrected chi connectivity index (χ1v) is 12.8. The van der Waals surface area contributed by atoms with E-state index in [0.717, 1.165) is 5.56 Å². The summed E-state index contributed by atoms with van der Waals surface area (Å²) in [5.41, 5.74) is 8.99. The zero-order chi connectivity index (χ0) is 23.5. The molecule has 7 nitrogen and oxygen atoms in total. The first-order valence-electron chi connectivity index (χ1n) is 10.3. The van der Waals surface area contributed by atoms with Crippen molar-refractivity contribution < 1.29 is 13.2 Å². The van der Waals surface area contributed by atoms with Gasteiger partial charge in [0.05, 0.1) is 4.90 Å². The molecule has 0 radical (unpaired) electrons. The van der Waals surface area contributed by atoms with Crippen LogP contribution in [0.15, 0.2) is 63.3 Å². The highest BCUT2D eigenvalue weighted by Gasteiger charge is 2.30. The van der Waals surface area contributed by atoms with Crippen LogP contribution in [0.2, 0.25) is 0 Å². The number of carbonyl (C=O) groups excluding carboxylic acids is 1. The van der Waals surface area contributed by atoms with Crippen molar-refractivity contribution in [1.82, 2.24) is 9.78 Å². The van der Waals surface area contributed by atoms with Gasteiger partial charge < -0.3 is 11.1 Å². The van der Waals surface area contributed by atoms with E-state index < -0.39 is 9.84 Å². The Morgan fingerprint density at radius 1 is 1.12 bits per heavy atom. The smallest absolute Gasteiger partial charge is 0.246 e. The van der Waals surface area contributed by atoms with E-state index in [9.17, 15) is 13.2 Å². The van der Waals surface area contributed by atoms with Crippen molar-refractivity contribution >= 4 is 39.0 Å². The highest BCUT2D eigenvalue weighted by molar-refractivity contribution is 8.00. The first-order chi connectivity index (χ1) is 15.1. The van der Waals surface area contributed by atoms with Gasteiger partial charge in [-0.25, -0.2) is 13.1 Å². The molecule has 3 N–H and O–H groups in total. The molecule has 3 aromatic rings. The molecule has 0 fully saturated rings. The minimum atomic E-state index is -3.89. The standard InChI is InChI=1S/C23H28N4O3S2/c1-5-31-23-21(32(29,30)19-12-6-16(4)7-13-19)22(24)27(26-23)14-20(28)25-18-10-8-17(9-11-18)15(2)3/h6-13,15H,5,14,24H2,1-4H3,(H,25,28). The molecule has 1 heterocycles. The number of sulfone groups is 1. The van der Waals surface area contributed by atoms with Gasteiger partial charge in [-0.1, -0.05) is 50.6 Å². The van der Waals surface area contributed by atoms with Gasteiger partial charge in [0.15, 0.2) is 0 Å². The Morgan fingerprint density at radius 3 is 2.31 bits per heavy atom. The fourth-order valence-corrected chi connectivity index (χ4v) is 5.72. The van der Waals surface area contributed by atoms with Crippen LogP contribution in [-0.4, -0.2) is 29.9 Å². The minimum absolute atomic E-state index is 0.0492. The summed E-state index contributed by atoms with van der Waals surface area (Å²) in [6.07, 6.45) is 0. The van der Waals surface area contributed by atoms with Crippen LogP contribution in [0.5, 0.6) is 0 Å². The molecule has 0 unspecified atom stereocenters. The van der Waals surface area contributed by atoms with E-state index in [-0.39, 0.29) is 28.1 Å². The van der Waals surface area contributed by atoms with Crippen LogP contribution in [0.25, 0.3) is 0 Å². The van der Waals surface area contributed by atoms with Gasteiger partial charge in [-0.2, -0.15) is 5.10 Å². The summed E-state index contributed by atoms with van der Waals surface area (Å²) >= 11 is 1.27. The van der Waals surface area contributed by atoms with Gasteiger partial charge in [0.2, 0.25) is 15.7 Å². The monoisotopic (exact) mass is 472 g/mol. The van der Waals surface area contributed by atoms with Gasteiger partial charge in [0.1, 0.15) is 22.3 Å². The number of nitrogens with one attached hydrogen (secondary N) is 1. The molecule has 1 amide bonds. The van der Waals surface area contributed by atoms with Crippen LogP contribution in [0.1, 0.15) is 37.8 Å². The molecule has 32 heavy (non-hydrogen) atoms. The van der Waals surface area contributed by atoms with E-state index in [0.29, 0.717) is 22.4 Å². The van der Waals surface area contributed by atoms with E-state index in [1.165, 1.54) is 22.0 Å². The third-order valence-corrected chi connectivity index (χ3v) is 7.76. The number of carbonyl (C=O) groups is 1. The van der Waals surface area contributed by atoms with Gasteiger partial charge in [-0.05, 0) is 48.4 Å². The molecule has 0 aliphatic carbocycles. The Bertz CT molecular complexity index is 1200. The molecule has 0 saturated heterocycles. The molecule has 0 aliphatic heterocycles. The summed E-state index contributed by atoms with van der Waals surface area (Å²) in [6.45, 7) is 7.79. The number of nitrogens with zero attached hydrogens (tertiary/aromatic N) is 2. The van der Waals surface area contributed by atoms with E-state index in [1.807, 2.05) is 38.1 Å². The highest BCUT2D eigenvalue weighted by Crippen LogP contribution is 2.35. The molecule has 0 aliphatic rings. The quantitative estimate of drug-likeness (QED) is 0.468. The number of nitrogens with two attached hydrogens (primary N) is 1. The zero-order valence-corrected chi connectivity index (χ0v) is 20.3. The van der Waals surface area contributed by atoms with E-state index in [4.69, 9.17) is 5.73 Å². The third-order valence-electron chi connectivity index (χ3n) is 4.95. The average Bonchev–Trinajstić information content (AvgIpc) is 3.04.